The summed E-state index contributed by atoms with van der Waals surface area (Å²) in [5.74, 6) is 0.513. The highest BCUT2D eigenvalue weighted by Gasteiger charge is 2.39. The van der Waals surface area contributed by atoms with Crippen LogP contribution >= 0.6 is 0 Å². The second-order valence-corrected chi connectivity index (χ2v) is 8.52. The Morgan fingerprint density at radius 1 is 0.968 bits per heavy atom. The fourth-order valence-electron chi connectivity index (χ4n) is 3.78. The second-order valence-electron chi connectivity index (χ2n) is 8.52. The molecule has 1 heterocycles. The lowest BCUT2D eigenvalue weighted by Gasteiger charge is -2.24. The molecule has 1 aliphatic rings. The number of para-hydroxylation sites is 1. The van der Waals surface area contributed by atoms with Crippen LogP contribution in [0.2, 0.25) is 0 Å². The molecular formula is C24H30N2O5. The average molecular weight is 427 g/mol. The number of benzene rings is 2. The van der Waals surface area contributed by atoms with E-state index in [4.69, 9.17) is 14.2 Å². The molecule has 0 spiro atoms. The summed E-state index contributed by atoms with van der Waals surface area (Å²) in [6.45, 7) is 6.32. The van der Waals surface area contributed by atoms with Crippen LogP contribution in [0.3, 0.4) is 0 Å². The number of amides is 2. The zero-order valence-electron chi connectivity index (χ0n) is 18.7. The van der Waals surface area contributed by atoms with Crippen molar-refractivity contribution in [3.05, 3.63) is 59.7 Å². The van der Waals surface area contributed by atoms with Crippen molar-refractivity contribution in [2.45, 2.75) is 38.3 Å². The molecule has 2 aromatic carbocycles. The van der Waals surface area contributed by atoms with Gasteiger partial charge in [-0.3, -0.25) is 4.79 Å². The van der Waals surface area contributed by atoms with Crippen molar-refractivity contribution >= 4 is 12.0 Å². The van der Waals surface area contributed by atoms with E-state index in [1.54, 1.807) is 23.1 Å². The van der Waals surface area contributed by atoms with E-state index in [2.05, 4.69) is 5.32 Å². The maximum absolute atomic E-state index is 13.1. The minimum atomic E-state index is -0.589. The highest BCUT2D eigenvalue weighted by atomic mass is 16.6. The number of carbonyl (C=O) groups excluding carboxylic acids is 2. The van der Waals surface area contributed by atoms with Gasteiger partial charge in [0.1, 0.15) is 5.60 Å². The number of hydrogen-bond donors (Lipinski definition) is 1. The molecule has 0 saturated carbocycles. The van der Waals surface area contributed by atoms with Gasteiger partial charge in [0.15, 0.2) is 11.5 Å². The Morgan fingerprint density at radius 2 is 1.68 bits per heavy atom. The van der Waals surface area contributed by atoms with Crippen LogP contribution in [-0.4, -0.2) is 55.9 Å². The number of hydrogen-bond acceptors (Lipinski definition) is 5. The van der Waals surface area contributed by atoms with Gasteiger partial charge in [-0.1, -0.05) is 36.4 Å². The molecule has 0 aromatic heterocycles. The van der Waals surface area contributed by atoms with Crippen molar-refractivity contribution in [3.8, 4) is 11.5 Å². The molecule has 7 nitrogen and oxygen atoms in total. The first-order valence-corrected chi connectivity index (χ1v) is 10.3. The average Bonchev–Trinajstić information content (AvgIpc) is 3.16. The van der Waals surface area contributed by atoms with Gasteiger partial charge in [-0.2, -0.15) is 0 Å². The van der Waals surface area contributed by atoms with Crippen LogP contribution in [0.25, 0.3) is 0 Å². The molecule has 166 valence electrons. The lowest BCUT2D eigenvalue weighted by molar-refractivity contribution is 0.0288. The molecule has 31 heavy (non-hydrogen) atoms. The highest BCUT2D eigenvalue weighted by molar-refractivity contribution is 5.98. The van der Waals surface area contributed by atoms with Gasteiger partial charge in [0.25, 0.3) is 5.91 Å². The number of rotatable bonds is 5. The normalized spacial score (nSPS) is 18.4. The predicted molar refractivity (Wildman–Crippen MR) is 118 cm³/mol. The molecule has 0 unspecified atom stereocenters. The van der Waals surface area contributed by atoms with Gasteiger partial charge in [-0.05, 0) is 38.5 Å². The molecule has 1 fully saturated rings. The lowest BCUT2D eigenvalue weighted by Crippen LogP contribution is -2.41. The molecule has 1 N–H and O–H groups in total. The quantitative estimate of drug-likeness (QED) is 0.786. The molecule has 2 atom stereocenters. The van der Waals surface area contributed by atoms with Crippen LogP contribution in [0, 0.1) is 0 Å². The number of nitrogens with one attached hydrogen (secondary N) is 1. The molecule has 2 amide bonds. The summed E-state index contributed by atoms with van der Waals surface area (Å²) >= 11 is 0. The van der Waals surface area contributed by atoms with Crippen molar-refractivity contribution in [1.29, 1.82) is 0 Å². The smallest absolute Gasteiger partial charge is 0.410 e. The van der Waals surface area contributed by atoms with Gasteiger partial charge >= 0.3 is 6.09 Å². The van der Waals surface area contributed by atoms with Crippen LogP contribution in [0.15, 0.2) is 48.5 Å². The van der Waals surface area contributed by atoms with Gasteiger partial charge in [-0.15, -0.1) is 0 Å². The third kappa shape index (κ3) is 5.29. The van der Waals surface area contributed by atoms with Crippen molar-refractivity contribution in [2.24, 2.45) is 0 Å². The SMILES string of the molecule is COc1cccc(C(=O)N[C@@H]2CN(C(=O)OC(C)(C)C)C[C@H]2c2ccccc2)c1OC. The molecule has 7 heteroatoms. The Morgan fingerprint density at radius 3 is 2.29 bits per heavy atom. The predicted octanol–water partition coefficient (Wildman–Crippen LogP) is 3.84. The minimum absolute atomic E-state index is 0.0609. The maximum atomic E-state index is 13.1. The molecule has 0 bridgehead atoms. The third-order valence-corrected chi connectivity index (χ3v) is 5.16. The zero-order valence-corrected chi connectivity index (χ0v) is 18.7. The van der Waals surface area contributed by atoms with Crippen LogP contribution < -0.4 is 14.8 Å². The zero-order chi connectivity index (χ0) is 22.6. The van der Waals surface area contributed by atoms with Gasteiger partial charge in [0.2, 0.25) is 0 Å². The molecule has 2 aromatic rings. The Bertz CT molecular complexity index is 923. The van der Waals surface area contributed by atoms with Gasteiger partial charge in [0.05, 0.1) is 25.8 Å². The van der Waals surface area contributed by atoms with E-state index >= 15 is 0 Å². The van der Waals surface area contributed by atoms with Crippen molar-refractivity contribution in [1.82, 2.24) is 10.2 Å². The Kier molecular flexibility index (Phi) is 6.73. The monoisotopic (exact) mass is 426 g/mol. The van der Waals surface area contributed by atoms with E-state index in [-0.39, 0.29) is 24.0 Å². The standard InChI is InChI=1S/C24H30N2O5/c1-24(2,3)31-23(28)26-14-18(16-10-7-6-8-11-16)19(15-26)25-22(27)17-12-9-13-20(29-4)21(17)30-5/h6-13,18-19H,14-15H2,1-5H3,(H,25,27)/t18-,19+/m0/s1. The first-order valence-electron chi connectivity index (χ1n) is 10.3. The van der Waals surface area contributed by atoms with E-state index in [1.807, 2.05) is 51.1 Å². The van der Waals surface area contributed by atoms with Crippen LogP contribution in [0.1, 0.15) is 42.6 Å². The lowest BCUT2D eigenvalue weighted by atomic mass is 9.94. The van der Waals surface area contributed by atoms with Gasteiger partial charge in [0, 0.05) is 19.0 Å². The van der Waals surface area contributed by atoms with Crippen molar-refractivity contribution < 1.29 is 23.8 Å². The number of carbonyl (C=O) groups is 2. The van der Waals surface area contributed by atoms with Crippen LogP contribution in [0.5, 0.6) is 11.5 Å². The minimum Gasteiger partial charge on any atom is -0.493 e. The van der Waals surface area contributed by atoms with Crippen LogP contribution in [-0.2, 0) is 4.74 Å². The highest BCUT2D eigenvalue weighted by Crippen LogP contribution is 2.32. The largest absolute Gasteiger partial charge is 0.493 e. The van der Waals surface area contributed by atoms with E-state index in [1.165, 1.54) is 14.2 Å². The summed E-state index contributed by atoms with van der Waals surface area (Å²) in [7, 11) is 3.03. The molecule has 0 radical (unpaired) electrons. The topological polar surface area (TPSA) is 77.1 Å². The maximum Gasteiger partial charge on any atom is 0.410 e. The fourth-order valence-corrected chi connectivity index (χ4v) is 3.78. The summed E-state index contributed by atoms with van der Waals surface area (Å²) in [5.41, 5.74) is 0.843. The number of nitrogens with zero attached hydrogens (tertiary/aromatic N) is 1. The van der Waals surface area contributed by atoms with Gasteiger partial charge in [-0.25, -0.2) is 4.79 Å². The third-order valence-electron chi connectivity index (χ3n) is 5.16. The van der Waals surface area contributed by atoms with Gasteiger partial charge < -0.3 is 24.4 Å². The van der Waals surface area contributed by atoms with Crippen molar-refractivity contribution in [2.75, 3.05) is 27.3 Å². The molecule has 0 aliphatic carbocycles. The molecule has 3 rings (SSSR count). The first-order chi connectivity index (χ1) is 14.7. The van der Waals surface area contributed by atoms with Crippen LogP contribution in [0.4, 0.5) is 4.79 Å². The molecule has 1 aliphatic heterocycles. The first kappa shape index (κ1) is 22.5. The second kappa shape index (κ2) is 9.29. The Labute approximate surface area is 183 Å². The summed E-state index contributed by atoms with van der Waals surface area (Å²) in [5, 5.41) is 3.09. The molecule has 1 saturated heterocycles. The van der Waals surface area contributed by atoms with E-state index < -0.39 is 5.60 Å². The summed E-state index contributed by atoms with van der Waals surface area (Å²) < 4.78 is 16.3. The Hall–Kier alpha value is -3.22. The fraction of sp³-hybridized carbons (Fsp3) is 0.417. The Balaban J connectivity index is 1.85. The van der Waals surface area contributed by atoms with Crippen molar-refractivity contribution in [3.63, 3.8) is 0 Å². The number of methoxy groups -OCH3 is 2. The summed E-state index contributed by atoms with van der Waals surface area (Å²) in [6, 6.07) is 14.8. The molecular weight excluding hydrogens is 396 g/mol. The summed E-state index contributed by atoms with van der Waals surface area (Å²) in [6.07, 6.45) is -0.385. The summed E-state index contributed by atoms with van der Waals surface area (Å²) in [4.78, 5) is 27.5. The van der Waals surface area contributed by atoms with E-state index in [9.17, 15) is 9.59 Å². The number of ether oxygens (including phenoxy) is 3. The van der Waals surface area contributed by atoms with E-state index in [0.29, 0.717) is 30.2 Å². The number of likely N-dealkylation sites (tertiary alicyclic amines) is 1. The van der Waals surface area contributed by atoms with E-state index in [0.717, 1.165) is 5.56 Å².